The molecule has 1 atom stereocenters. The number of anilines is 1. The van der Waals surface area contributed by atoms with E-state index in [1.165, 1.54) is 37.9 Å². The van der Waals surface area contributed by atoms with Gasteiger partial charge < -0.3 is 9.80 Å². The van der Waals surface area contributed by atoms with E-state index in [2.05, 4.69) is 28.0 Å². The summed E-state index contributed by atoms with van der Waals surface area (Å²) >= 11 is 0. The zero-order valence-corrected chi connectivity index (χ0v) is 13.9. The van der Waals surface area contributed by atoms with Gasteiger partial charge in [-0.2, -0.15) is 0 Å². The fourth-order valence-corrected chi connectivity index (χ4v) is 4.47. The van der Waals surface area contributed by atoms with E-state index in [9.17, 15) is 4.79 Å². The highest BCUT2D eigenvalue weighted by Crippen LogP contribution is 2.28. The Balaban J connectivity index is 1.33. The van der Waals surface area contributed by atoms with Crippen LogP contribution in [0, 0.1) is 0 Å². The minimum atomic E-state index is 0.294. The van der Waals surface area contributed by atoms with Gasteiger partial charge in [-0.1, -0.05) is 18.2 Å². The van der Waals surface area contributed by atoms with Crippen LogP contribution in [0.3, 0.4) is 0 Å². The predicted molar refractivity (Wildman–Crippen MR) is 92.8 cm³/mol. The van der Waals surface area contributed by atoms with Crippen molar-refractivity contribution in [2.45, 2.75) is 38.1 Å². The molecule has 0 saturated carbocycles. The van der Waals surface area contributed by atoms with Crippen molar-refractivity contribution in [3.8, 4) is 0 Å². The lowest BCUT2D eigenvalue weighted by Gasteiger charge is -2.26. The SMILES string of the molecule is O=C(CCN1CCCN2CCC[C@H]2C1)N1CCc2ccccc21. The molecular formula is C19H27N3O. The minimum absolute atomic E-state index is 0.294. The number of hydrogen-bond donors (Lipinski definition) is 0. The van der Waals surface area contributed by atoms with Gasteiger partial charge in [-0.05, 0) is 56.9 Å². The average Bonchev–Trinajstić information content (AvgIpc) is 3.15. The van der Waals surface area contributed by atoms with Crippen LogP contribution in [0.4, 0.5) is 5.69 Å². The molecule has 3 heterocycles. The van der Waals surface area contributed by atoms with Crippen molar-refractivity contribution in [2.24, 2.45) is 0 Å². The second-order valence-corrected chi connectivity index (χ2v) is 7.16. The molecule has 4 rings (SSSR count). The summed E-state index contributed by atoms with van der Waals surface area (Å²) in [5.41, 5.74) is 2.45. The van der Waals surface area contributed by atoms with Gasteiger partial charge in [0.25, 0.3) is 0 Å². The number of fused-ring (bicyclic) bond motifs is 2. The first-order valence-corrected chi connectivity index (χ1v) is 9.16. The molecule has 3 aliphatic rings. The summed E-state index contributed by atoms with van der Waals surface area (Å²) in [4.78, 5) is 19.8. The average molecular weight is 313 g/mol. The van der Waals surface area contributed by atoms with Crippen molar-refractivity contribution in [3.05, 3.63) is 29.8 Å². The second-order valence-electron chi connectivity index (χ2n) is 7.16. The van der Waals surface area contributed by atoms with E-state index in [1.807, 2.05) is 11.0 Å². The molecule has 3 aliphatic heterocycles. The van der Waals surface area contributed by atoms with Crippen molar-refractivity contribution < 1.29 is 4.79 Å². The molecule has 0 spiro atoms. The summed E-state index contributed by atoms with van der Waals surface area (Å²) in [5.74, 6) is 0.294. The number of carbonyl (C=O) groups is 1. The number of rotatable bonds is 3. The lowest BCUT2D eigenvalue weighted by atomic mass is 10.2. The number of benzene rings is 1. The largest absolute Gasteiger partial charge is 0.312 e. The van der Waals surface area contributed by atoms with Crippen LogP contribution in [-0.4, -0.2) is 61.0 Å². The van der Waals surface area contributed by atoms with Crippen LogP contribution in [0.25, 0.3) is 0 Å². The first-order chi connectivity index (χ1) is 11.3. The zero-order chi connectivity index (χ0) is 15.6. The van der Waals surface area contributed by atoms with E-state index < -0.39 is 0 Å². The Labute approximate surface area is 139 Å². The van der Waals surface area contributed by atoms with Crippen LogP contribution in [0.5, 0.6) is 0 Å². The number of para-hydroxylation sites is 1. The highest BCUT2D eigenvalue weighted by molar-refractivity contribution is 5.95. The van der Waals surface area contributed by atoms with E-state index in [0.717, 1.165) is 44.3 Å². The monoisotopic (exact) mass is 313 g/mol. The van der Waals surface area contributed by atoms with Gasteiger partial charge in [-0.15, -0.1) is 0 Å². The summed E-state index contributed by atoms with van der Waals surface area (Å²) in [7, 11) is 0. The molecule has 2 fully saturated rings. The van der Waals surface area contributed by atoms with Crippen molar-refractivity contribution in [1.29, 1.82) is 0 Å². The van der Waals surface area contributed by atoms with E-state index in [-0.39, 0.29) is 0 Å². The zero-order valence-electron chi connectivity index (χ0n) is 13.9. The van der Waals surface area contributed by atoms with Gasteiger partial charge in [-0.3, -0.25) is 9.69 Å². The molecule has 1 amide bonds. The quantitative estimate of drug-likeness (QED) is 0.855. The normalized spacial score (nSPS) is 25.2. The number of amides is 1. The molecule has 0 N–H and O–H groups in total. The lowest BCUT2D eigenvalue weighted by Crippen LogP contribution is -2.38. The molecule has 124 valence electrons. The molecule has 1 aromatic carbocycles. The molecule has 0 aliphatic carbocycles. The Bertz CT molecular complexity index is 573. The van der Waals surface area contributed by atoms with E-state index >= 15 is 0 Å². The minimum Gasteiger partial charge on any atom is -0.312 e. The third-order valence-corrected chi connectivity index (χ3v) is 5.72. The van der Waals surface area contributed by atoms with Gasteiger partial charge in [-0.25, -0.2) is 0 Å². The van der Waals surface area contributed by atoms with Crippen molar-refractivity contribution >= 4 is 11.6 Å². The summed E-state index contributed by atoms with van der Waals surface area (Å²) in [6, 6.07) is 9.07. The third kappa shape index (κ3) is 3.15. The van der Waals surface area contributed by atoms with E-state index in [1.54, 1.807) is 0 Å². The topological polar surface area (TPSA) is 26.8 Å². The van der Waals surface area contributed by atoms with Gasteiger partial charge in [0.05, 0.1) is 0 Å². The molecule has 0 unspecified atom stereocenters. The Morgan fingerprint density at radius 2 is 1.96 bits per heavy atom. The van der Waals surface area contributed by atoms with Gasteiger partial charge in [0.2, 0.25) is 5.91 Å². The Morgan fingerprint density at radius 3 is 2.91 bits per heavy atom. The van der Waals surface area contributed by atoms with Crippen molar-refractivity contribution in [3.63, 3.8) is 0 Å². The number of nitrogens with zero attached hydrogens (tertiary/aromatic N) is 3. The van der Waals surface area contributed by atoms with Crippen LogP contribution >= 0.6 is 0 Å². The van der Waals surface area contributed by atoms with Crippen molar-refractivity contribution in [2.75, 3.05) is 44.2 Å². The second kappa shape index (κ2) is 6.62. The molecule has 23 heavy (non-hydrogen) atoms. The Hall–Kier alpha value is -1.39. The van der Waals surface area contributed by atoms with Gasteiger partial charge in [0, 0.05) is 37.8 Å². The van der Waals surface area contributed by atoms with Gasteiger partial charge in [0.1, 0.15) is 0 Å². The van der Waals surface area contributed by atoms with Crippen LogP contribution in [0.15, 0.2) is 24.3 Å². The summed E-state index contributed by atoms with van der Waals surface area (Å²) in [5, 5.41) is 0. The Morgan fingerprint density at radius 1 is 1.09 bits per heavy atom. The maximum Gasteiger partial charge on any atom is 0.228 e. The third-order valence-electron chi connectivity index (χ3n) is 5.72. The Kier molecular flexibility index (Phi) is 4.36. The van der Waals surface area contributed by atoms with Crippen LogP contribution in [0.2, 0.25) is 0 Å². The fraction of sp³-hybridized carbons (Fsp3) is 0.632. The smallest absolute Gasteiger partial charge is 0.228 e. The van der Waals surface area contributed by atoms with Gasteiger partial charge >= 0.3 is 0 Å². The maximum atomic E-state index is 12.7. The van der Waals surface area contributed by atoms with Crippen molar-refractivity contribution in [1.82, 2.24) is 9.80 Å². The van der Waals surface area contributed by atoms with E-state index in [0.29, 0.717) is 12.3 Å². The lowest BCUT2D eigenvalue weighted by molar-refractivity contribution is -0.118. The number of hydrogen-bond acceptors (Lipinski definition) is 3. The highest BCUT2D eigenvalue weighted by Gasteiger charge is 2.29. The molecule has 4 nitrogen and oxygen atoms in total. The standard InChI is InChI=1S/C19H27N3O/c23-19(22-14-8-16-5-1-2-7-18(16)22)9-13-20-10-4-12-21-11-3-6-17(21)15-20/h1-2,5,7,17H,3-4,6,8-15H2/t17-/m0/s1. The van der Waals surface area contributed by atoms with E-state index in [4.69, 9.17) is 0 Å². The molecule has 4 heteroatoms. The first kappa shape index (κ1) is 15.2. The van der Waals surface area contributed by atoms with Crippen LogP contribution < -0.4 is 4.90 Å². The molecule has 2 saturated heterocycles. The summed E-state index contributed by atoms with van der Waals surface area (Å²) in [6.07, 6.45) is 5.59. The molecule has 0 radical (unpaired) electrons. The first-order valence-electron chi connectivity index (χ1n) is 9.16. The molecule has 1 aromatic rings. The van der Waals surface area contributed by atoms with Crippen LogP contribution in [0.1, 0.15) is 31.2 Å². The van der Waals surface area contributed by atoms with Crippen LogP contribution in [-0.2, 0) is 11.2 Å². The van der Waals surface area contributed by atoms with Gasteiger partial charge in [0.15, 0.2) is 0 Å². The summed E-state index contributed by atoms with van der Waals surface area (Å²) < 4.78 is 0. The summed E-state index contributed by atoms with van der Waals surface area (Å²) in [6.45, 7) is 6.60. The fourth-order valence-electron chi connectivity index (χ4n) is 4.47. The maximum absolute atomic E-state index is 12.7. The number of carbonyl (C=O) groups excluding carboxylic acids is 1. The predicted octanol–water partition coefficient (Wildman–Crippen LogP) is 2.14. The molecular weight excluding hydrogens is 286 g/mol. The molecule has 0 aromatic heterocycles. The molecule has 0 bridgehead atoms. The highest BCUT2D eigenvalue weighted by atomic mass is 16.2.